The van der Waals surface area contributed by atoms with Gasteiger partial charge in [-0.2, -0.15) is 0 Å². The predicted molar refractivity (Wildman–Crippen MR) is 67.8 cm³/mol. The van der Waals surface area contributed by atoms with E-state index in [0.717, 1.165) is 24.7 Å². The number of pyridine rings is 1. The number of nitrogens with one attached hydrogen (secondary N) is 1. The number of aromatic nitrogens is 1. The molecule has 4 nitrogen and oxygen atoms in total. The number of likely N-dealkylation sites (tertiary alicyclic amines) is 1. The van der Waals surface area contributed by atoms with E-state index in [4.69, 9.17) is 5.11 Å². The first kappa shape index (κ1) is 12.3. The number of rotatable bonds is 4. The SMILES string of the molecule is CN1CCCC(CNCc2ccc(O)cn2)C1. The minimum Gasteiger partial charge on any atom is -0.506 e. The number of hydrogen-bond acceptors (Lipinski definition) is 4. The van der Waals surface area contributed by atoms with Gasteiger partial charge in [-0.05, 0) is 51.0 Å². The van der Waals surface area contributed by atoms with Crippen molar-refractivity contribution in [1.29, 1.82) is 0 Å². The Hall–Kier alpha value is -1.13. The summed E-state index contributed by atoms with van der Waals surface area (Å²) < 4.78 is 0. The van der Waals surface area contributed by atoms with Gasteiger partial charge >= 0.3 is 0 Å². The molecule has 94 valence electrons. The molecule has 0 aromatic carbocycles. The van der Waals surface area contributed by atoms with Gasteiger partial charge in [0.05, 0.1) is 11.9 Å². The summed E-state index contributed by atoms with van der Waals surface area (Å²) in [4.78, 5) is 6.55. The van der Waals surface area contributed by atoms with Gasteiger partial charge in [-0.15, -0.1) is 0 Å². The first-order valence-electron chi connectivity index (χ1n) is 6.27. The highest BCUT2D eigenvalue weighted by atomic mass is 16.3. The Morgan fingerprint density at radius 3 is 3.12 bits per heavy atom. The van der Waals surface area contributed by atoms with Crippen molar-refractivity contribution in [1.82, 2.24) is 15.2 Å². The second kappa shape index (κ2) is 5.98. The molecule has 1 aromatic rings. The largest absolute Gasteiger partial charge is 0.506 e. The molecule has 0 spiro atoms. The Kier molecular flexibility index (Phi) is 4.34. The number of nitrogens with zero attached hydrogens (tertiary/aromatic N) is 2. The molecule has 1 aromatic heterocycles. The molecule has 0 aliphatic carbocycles. The Morgan fingerprint density at radius 2 is 2.41 bits per heavy atom. The average Bonchev–Trinajstić information content (AvgIpc) is 2.32. The molecule has 2 heterocycles. The van der Waals surface area contributed by atoms with Gasteiger partial charge in [0.1, 0.15) is 5.75 Å². The molecule has 0 radical (unpaired) electrons. The van der Waals surface area contributed by atoms with Crippen LogP contribution in [0.1, 0.15) is 18.5 Å². The molecule has 17 heavy (non-hydrogen) atoms. The normalized spacial score (nSPS) is 21.6. The molecule has 1 unspecified atom stereocenters. The van der Waals surface area contributed by atoms with Crippen LogP contribution in [0.3, 0.4) is 0 Å². The van der Waals surface area contributed by atoms with Gasteiger partial charge in [0.25, 0.3) is 0 Å². The van der Waals surface area contributed by atoms with E-state index in [1.165, 1.54) is 32.1 Å². The smallest absolute Gasteiger partial charge is 0.133 e. The van der Waals surface area contributed by atoms with Crippen molar-refractivity contribution in [3.05, 3.63) is 24.0 Å². The number of hydrogen-bond donors (Lipinski definition) is 2. The first-order valence-corrected chi connectivity index (χ1v) is 6.27. The van der Waals surface area contributed by atoms with Gasteiger partial charge < -0.3 is 15.3 Å². The van der Waals surface area contributed by atoms with Gasteiger partial charge in [-0.1, -0.05) is 0 Å². The van der Waals surface area contributed by atoms with Crippen LogP contribution in [0.25, 0.3) is 0 Å². The van der Waals surface area contributed by atoms with Crippen molar-refractivity contribution in [3.63, 3.8) is 0 Å². The van der Waals surface area contributed by atoms with E-state index in [0.29, 0.717) is 0 Å². The molecule has 1 aliphatic heterocycles. The van der Waals surface area contributed by atoms with Crippen molar-refractivity contribution in [2.24, 2.45) is 5.92 Å². The molecule has 4 heteroatoms. The lowest BCUT2D eigenvalue weighted by Gasteiger charge is -2.29. The maximum Gasteiger partial charge on any atom is 0.133 e. The van der Waals surface area contributed by atoms with Crippen molar-refractivity contribution >= 4 is 0 Å². The highest BCUT2D eigenvalue weighted by Gasteiger charge is 2.16. The van der Waals surface area contributed by atoms with E-state index in [2.05, 4.69) is 22.2 Å². The van der Waals surface area contributed by atoms with E-state index in [1.807, 2.05) is 6.07 Å². The summed E-state index contributed by atoms with van der Waals surface area (Å²) in [6.07, 6.45) is 4.12. The zero-order valence-corrected chi connectivity index (χ0v) is 10.4. The molecule has 1 aliphatic rings. The molecule has 0 bridgehead atoms. The third-order valence-electron chi connectivity index (χ3n) is 3.27. The lowest BCUT2D eigenvalue weighted by atomic mass is 9.98. The summed E-state index contributed by atoms with van der Waals surface area (Å²) in [5, 5.41) is 12.6. The topological polar surface area (TPSA) is 48.4 Å². The molecule has 0 amide bonds. The average molecular weight is 235 g/mol. The van der Waals surface area contributed by atoms with Crippen LogP contribution in [0, 0.1) is 5.92 Å². The third-order valence-corrected chi connectivity index (χ3v) is 3.27. The summed E-state index contributed by atoms with van der Waals surface area (Å²) in [5.74, 6) is 0.980. The lowest BCUT2D eigenvalue weighted by molar-refractivity contribution is 0.206. The van der Waals surface area contributed by atoms with Crippen molar-refractivity contribution in [2.75, 3.05) is 26.7 Å². The fraction of sp³-hybridized carbons (Fsp3) is 0.615. The quantitative estimate of drug-likeness (QED) is 0.824. The molecule has 2 rings (SSSR count). The molecule has 1 atom stereocenters. The Morgan fingerprint density at radius 1 is 1.53 bits per heavy atom. The third kappa shape index (κ3) is 3.98. The van der Waals surface area contributed by atoms with Crippen LogP contribution in [0.15, 0.2) is 18.3 Å². The summed E-state index contributed by atoms with van der Waals surface area (Å²) in [7, 11) is 2.19. The molecular weight excluding hydrogens is 214 g/mol. The first-order chi connectivity index (χ1) is 8.24. The summed E-state index contributed by atoms with van der Waals surface area (Å²) in [6, 6.07) is 3.54. The van der Waals surface area contributed by atoms with Gasteiger partial charge in [0.2, 0.25) is 0 Å². The van der Waals surface area contributed by atoms with E-state index < -0.39 is 0 Å². The monoisotopic (exact) mass is 235 g/mol. The number of aromatic hydroxyl groups is 1. The van der Waals surface area contributed by atoms with Crippen LogP contribution in [0.4, 0.5) is 0 Å². The fourth-order valence-electron chi connectivity index (χ4n) is 2.37. The second-order valence-corrected chi connectivity index (χ2v) is 4.91. The van der Waals surface area contributed by atoms with Gasteiger partial charge in [0.15, 0.2) is 0 Å². The van der Waals surface area contributed by atoms with Crippen molar-refractivity contribution in [3.8, 4) is 5.75 Å². The van der Waals surface area contributed by atoms with Crippen LogP contribution in [-0.4, -0.2) is 41.7 Å². The van der Waals surface area contributed by atoms with Gasteiger partial charge in [-0.25, -0.2) is 0 Å². The summed E-state index contributed by atoms with van der Waals surface area (Å²) in [5.41, 5.74) is 0.979. The van der Waals surface area contributed by atoms with Crippen molar-refractivity contribution in [2.45, 2.75) is 19.4 Å². The zero-order chi connectivity index (χ0) is 12.1. The zero-order valence-electron chi connectivity index (χ0n) is 10.4. The van der Waals surface area contributed by atoms with E-state index >= 15 is 0 Å². The van der Waals surface area contributed by atoms with Gasteiger partial charge in [0, 0.05) is 13.1 Å². The fourth-order valence-corrected chi connectivity index (χ4v) is 2.37. The highest BCUT2D eigenvalue weighted by Crippen LogP contribution is 2.14. The maximum atomic E-state index is 9.13. The van der Waals surface area contributed by atoms with E-state index in [-0.39, 0.29) is 5.75 Å². The minimum atomic E-state index is 0.225. The van der Waals surface area contributed by atoms with Crippen LogP contribution < -0.4 is 5.32 Å². The van der Waals surface area contributed by atoms with E-state index in [9.17, 15) is 0 Å². The minimum absolute atomic E-state index is 0.225. The maximum absolute atomic E-state index is 9.13. The summed E-state index contributed by atoms with van der Waals surface area (Å²) in [6.45, 7) is 4.25. The Bertz CT molecular complexity index is 339. The molecule has 2 N–H and O–H groups in total. The predicted octanol–water partition coefficient (Wildman–Crippen LogP) is 1.22. The standard InChI is InChI=1S/C13H21N3O/c1-16-6-2-3-11(10-16)7-14-8-12-4-5-13(17)9-15-12/h4-5,9,11,14,17H,2-3,6-8,10H2,1H3. The second-order valence-electron chi connectivity index (χ2n) is 4.91. The van der Waals surface area contributed by atoms with Crippen LogP contribution >= 0.6 is 0 Å². The van der Waals surface area contributed by atoms with Crippen LogP contribution in [-0.2, 0) is 6.54 Å². The Balaban J connectivity index is 1.70. The Labute approximate surface area is 103 Å². The van der Waals surface area contributed by atoms with Crippen LogP contribution in [0.2, 0.25) is 0 Å². The van der Waals surface area contributed by atoms with Crippen LogP contribution in [0.5, 0.6) is 5.75 Å². The molecule has 1 saturated heterocycles. The van der Waals surface area contributed by atoms with Crippen molar-refractivity contribution < 1.29 is 5.11 Å². The molecule has 1 fully saturated rings. The van der Waals surface area contributed by atoms with E-state index in [1.54, 1.807) is 6.07 Å². The van der Waals surface area contributed by atoms with Gasteiger partial charge in [-0.3, -0.25) is 4.98 Å². The number of piperidine rings is 1. The lowest BCUT2D eigenvalue weighted by Crippen LogP contribution is -2.37. The summed E-state index contributed by atoms with van der Waals surface area (Å²) >= 11 is 0. The molecular formula is C13H21N3O. The molecule has 0 saturated carbocycles. The highest BCUT2D eigenvalue weighted by molar-refractivity contribution is 5.17.